The number of rotatable bonds is 4. The minimum absolute atomic E-state index is 0.000123. The molecule has 1 aromatic heterocycles. The van der Waals surface area contributed by atoms with E-state index in [2.05, 4.69) is 0 Å². The Hall–Kier alpha value is -2.01. The first-order valence-corrected chi connectivity index (χ1v) is 5.76. The van der Waals surface area contributed by atoms with Crippen molar-refractivity contribution in [2.24, 2.45) is 0 Å². The molecule has 0 spiro atoms. The van der Waals surface area contributed by atoms with Crippen LogP contribution in [-0.2, 0) is 6.61 Å². The van der Waals surface area contributed by atoms with Gasteiger partial charge in [-0.15, -0.1) is 0 Å². The van der Waals surface area contributed by atoms with Gasteiger partial charge in [-0.05, 0) is 25.1 Å². The van der Waals surface area contributed by atoms with E-state index in [0.717, 1.165) is 0 Å². The van der Waals surface area contributed by atoms with E-state index < -0.39 is 11.8 Å². The topological polar surface area (TPSA) is 59.7 Å². The predicted molar refractivity (Wildman–Crippen MR) is 66.1 cm³/mol. The van der Waals surface area contributed by atoms with Gasteiger partial charge in [0.2, 0.25) is 5.76 Å². The molecule has 0 radical (unpaired) electrons. The van der Waals surface area contributed by atoms with Crippen LogP contribution in [0.5, 0.6) is 5.75 Å². The summed E-state index contributed by atoms with van der Waals surface area (Å²) in [6, 6.07) is 5.76. The molecular weight excluding hydrogens is 275 g/mol. The number of benzene rings is 1. The summed E-state index contributed by atoms with van der Waals surface area (Å²) >= 11 is 5.62. The predicted octanol–water partition coefficient (Wildman–Crippen LogP) is 3.66. The summed E-state index contributed by atoms with van der Waals surface area (Å²) in [5.41, 5.74) is 0.539. The smallest absolute Gasteiger partial charge is 0.371 e. The van der Waals surface area contributed by atoms with Gasteiger partial charge >= 0.3 is 5.97 Å². The van der Waals surface area contributed by atoms with Gasteiger partial charge < -0.3 is 14.3 Å². The monoisotopic (exact) mass is 284 g/mol. The van der Waals surface area contributed by atoms with E-state index in [-0.39, 0.29) is 23.1 Å². The van der Waals surface area contributed by atoms with Gasteiger partial charge in [0.15, 0.2) is 11.6 Å². The van der Waals surface area contributed by atoms with E-state index in [1.54, 1.807) is 13.0 Å². The standard InChI is InChI=1S/C13H10ClFO4/c1-7-8(5-11(19-7)13(16)17)6-18-10-4-2-3-9(14)12(10)15/h2-5H,6H2,1H3,(H,16,17). The number of carboxylic acid groups (broad SMARTS) is 1. The second-order valence-corrected chi connectivity index (χ2v) is 4.25. The number of carbonyl (C=O) groups is 1. The molecule has 100 valence electrons. The summed E-state index contributed by atoms with van der Waals surface area (Å²) in [7, 11) is 0. The number of aryl methyl sites for hydroxylation is 1. The average molecular weight is 285 g/mol. The highest BCUT2D eigenvalue weighted by Crippen LogP contribution is 2.25. The maximum atomic E-state index is 13.6. The van der Waals surface area contributed by atoms with Gasteiger partial charge in [0.25, 0.3) is 0 Å². The Morgan fingerprint density at radius 3 is 2.89 bits per heavy atom. The van der Waals surface area contributed by atoms with Crippen molar-refractivity contribution in [2.75, 3.05) is 0 Å². The van der Waals surface area contributed by atoms with Gasteiger partial charge in [0, 0.05) is 5.56 Å². The van der Waals surface area contributed by atoms with Crippen LogP contribution in [0.15, 0.2) is 28.7 Å². The second-order valence-electron chi connectivity index (χ2n) is 3.84. The maximum Gasteiger partial charge on any atom is 0.371 e. The third-order valence-electron chi connectivity index (χ3n) is 2.53. The van der Waals surface area contributed by atoms with Crippen LogP contribution in [0.3, 0.4) is 0 Å². The van der Waals surface area contributed by atoms with Crippen molar-refractivity contribution >= 4 is 17.6 Å². The van der Waals surface area contributed by atoms with E-state index in [1.165, 1.54) is 18.2 Å². The lowest BCUT2D eigenvalue weighted by molar-refractivity contribution is 0.0661. The van der Waals surface area contributed by atoms with Crippen LogP contribution in [0.1, 0.15) is 21.9 Å². The molecule has 1 heterocycles. The van der Waals surface area contributed by atoms with Gasteiger partial charge in [-0.3, -0.25) is 0 Å². The third-order valence-corrected chi connectivity index (χ3v) is 2.82. The Kier molecular flexibility index (Phi) is 3.76. The SMILES string of the molecule is Cc1oc(C(=O)O)cc1COc1cccc(Cl)c1F. The third kappa shape index (κ3) is 2.88. The summed E-state index contributed by atoms with van der Waals surface area (Å²) in [5.74, 6) is -1.57. The zero-order chi connectivity index (χ0) is 14.0. The molecule has 2 aromatic rings. The number of carboxylic acids is 1. The molecule has 0 amide bonds. The van der Waals surface area contributed by atoms with Gasteiger partial charge in [-0.1, -0.05) is 17.7 Å². The highest BCUT2D eigenvalue weighted by atomic mass is 35.5. The molecule has 0 saturated carbocycles. The minimum Gasteiger partial charge on any atom is -0.486 e. The van der Waals surface area contributed by atoms with E-state index >= 15 is 0 Å². The molecule has 4 nitrogen and oxygen atoms in total. The molecule has 1 N–H and O–H groups in total. The van der Waals surface area contributed by atoms with Gasteiger partial charge in [-0.25, -0.2) is 9.18 Å². The van der Waals surface area contributed by atoms with Crippen LogP contribution in [0.4, 0.5) is 4.39 Å². The highest BCUT2D eigenvalue weighted by Gasteiger charge is 2.14. The Morgan fingerprint density at radius 1 is 1.53 bits per heavy atom. The lowest BCUT2D eigenvalue weighted by atomic mass is 10.2. The highest BCUT2D eigenvalue weighted by molar-refractivity contribution is 6.30. The number of ether oxygens (including phenoxy) is 1. The Balaban J connectivity index is 2.14. The fraction of sp³-hybridized carbons (Fsp3) is 0.154. The first-order valence-electron chi connectivity index (χ1n) is 5.38. The average Bonchev–Trinajstić information content (AvgIpc) is 2.73. The Labute approximate surface area is 113 Å². The summed E-state index contributed by atoms with van der Waals surface area (Å²) in [6.07, 6.45) is 0. The van der Waals surface area contributed by atoms with E-state index in [1.807, 2.05) is 0 Å². The second kappa shape index (κ2) is 5.32. The Morgan fingerprint density at radius 2 is 2.26 bits per heavy atom. The van der Waals surface area contributed by atoms with Crippen molar-refractivity contribution < 1.29 is 23.4 Å². The van der Waals surface area contributed by atoms with E-state index in [9.17, 15) is 9.18 Å². The zero-order valence-corrected chi connectivity index (χ0v) is 10.7. The van der Waals surface area contributed by atoms with Crippen molar-refractivity contribution in [3.63, 3.8) is 0 Å². The fourth-order valence-electron chi connectivity index (χ4n) is 1.52. The van der Waals surface area contributed by atoms with Crippen molar-refractivity contribution in [3.05, 3.63) is 52.2 Å². The molecule has 0 unspecified atom stereocenters. The molecule has 1 aromatic carbocycles. The molecule has 6 heteroatoms. The number of hydrogen-bond acceptors (Lipinski definition) is 3. The van der Waals surface area contributed by atoms with Crippen LogP contribution in [0, 0.1) is 12.7 Å². The molecule has 0 aliphatic heterocycles. The summed E-state index contributed by atoms with van der Waals surface area (Å²) in [4.78, 5) is 10.7. The molecule has 0 saturated heterocycles. The lowest BCUT2D eigenvalue weighted by Gasteiger charge is -2.06. The quantitative estimate of drug-likeness (QED) is 0.931. The van der Waals surface area contributed by atoms with E-state index in [0.29, 0.717) is 11.3 Å². The maximum absolute atomic E-state index is 13.6. The molecule has 0 fully saturated rings. The molecular formula is C13H10ClFO4. The molecule has 0 atom stereocenters. The van der Waals surface area contributed by atoms with Gasteiger partial charge in [0.05, 0.1) is 5.02 Å². The molecule has 0 aliphatic carbocycles. The summed E-state index contributed by atoms with van der Waals surface area (Å²) in [5, 5.41) is 8.74. The van der Waals surface area contributed by atoms with Gasteiger partial charge in [-0.2, -0.15) is 0 Å². The summed E-state index contributed by atoms with van der Waals surface area (Å²) < 4.78 is 23.8. The van der Waals surface area contributed by atoms with E-state index in [4.69, 9.17) is 25.9 Å². The first kappa shape index (κ1) is 13.4. The van der Waals surface area contributed by atoms with Crippen LogP contribution in [0.2, 0.25) is 5.02 Å². The normalized spacial score (nSPS) is 10.5. The van der Waals surface area contributed by atoms with Crippen LogP contribution < -0.4 is 4.74 Å². The zero-order valence-electron chi connectivity index (χ0n) is 9.94. The van der Waals surface area contributed by atoms with Crippen molar-refractivity contribution in [1.29, 1.82) is 0 Å². The lowest BCUT2D eigenvalue weighted by Crippen LogP contribution is -1.98. The number of aromatic carboxylic acids is 1. The van der Waals surface area contributed by atoms with Crippen molar-refractivity contribution in [1.82, 2.24) is 0 Å². The van der Waals surface area contributed by atoms with Gasteiger partial charge in [0.1, 0.15) is 12.4 Å². The number of hydrogen-bond donors (Lipinski definition) is 1. The molecule has 2 rings (SSSR count). The van der Waals surface area contributed by atoms with Crippen molar-refractivity contribution in [2.45, 2.75) is 13.5 Å². The summed E-state index contributed by atoms with van der Waals surface area (Å²) in [6.45, 7) is 1.61. The number of halogens is 2. The first-order chi connectivity index (χ1) is 8.99. The molecule has 0 bridgehead atoms. The fourth-order valence-corrected chi connectivity index (χ4v) is 1.69. The van der Waals surface area contributed by atoms with Crippen LogP contribution in [0.25, 0.3) is 0 Å². The Bertz CT molecular complexity index is 621. The molecule has 19 heavy (non-hydrogen) atoms. The largest absolute Gasteiger partial charge is 0.486 e. The van der Waals surface area contributed by atoms with Crippen molar-refractivity contribution in [3.8, 4) is 5.75 Å². The van der Waals surface area contributed by atoms with Crippen LogP contribution >= 0.6 is 11.6 Å². The molecule has 0 aliphatic rings. The minimum atomic E-state index is -1.16. The number of furan rings is 1. The van der Waals surface area contributed by atoms with Crippen LogP contribution in [-0.4, -0.2) is 11.1 Å².